The van der Waals surface area contributed by atoms with Gasteiger partial charge in [-0.05, 0) is 41.2 Å². The molecule has 2 rings (SSSR count). The van der Waals surface area contributed by atoms with Gasteiger partial charge in [-0.1, -0.05) is 13.8 Å². The lowest BCUT2D eigenvalue weighted by Crippen LogP contribution is -1.93. The number of benzene rings is 1. The number of aromatic nitrogens is 1. The Morgan fingerprint density at radius 1 is 1.35 bits per heavy atom. The Morgan fingerprint density at radius 3 is 2.88 bits per heavy atom. The molecule has 3 heteroatoms. The largest absolute Gasteiger partial charge is 0.497 e. The summed E-state index contributed by atoms with van der Waals surface area (Å²) in [5, 5.41) is 1.99. The molecule has 0 radical (unpaired) electrons. The summed E-state index contributed by atoms with van der Waals surface area (Å²) < 4.78 is 5.27. The molecule has 0 fully saturated rings. The molecule has 0 aliphatic rings. The minimum absolute atomic E-state index is 0.703. The Kier molecular flexibility index (Phi) is 4.00. The fourth-order valence-corrected chi connectivity index (χ4v) is 2.71. The van der Waals surface area contributed by atoms with Gasteiger partial charge in [0, 0.05) is 17.1 Å². The molecule has 0 atom stereocenters. The van der Waals surface area contributed by atoms with Crippen LogP contribution in [-0.4, -0.2) is 23.1 Å². The fraction of sp³-hybridized carbons (Fsp3) is 0.429. The first kappa shape index (κ1) is 12.4. The quantitative estimate of drug-likeness (QED) is 0.870. The Bertz CT molecular complexity index is 490. The van der Waals surface area contributed by atoms with Crippen LogP contribution >= 0.6 is 11.8 Å². The van der Waals surface area contributed by atoms with E-state index in [4.69, 9.17) is 4.74 Å². The molecule has 0 unspecified atom stereocenters. The van der Waals surface area contributed by atoms with Gasteiger partial charge >= 0.3 is 0 Å². The van der Waals surface area contributed by atoms with Gasteiger partial charge in [-0.2, -0.15) is 11.8 Å². The highest BCUT2D eigenvalue weighted by Crippen LogP contribution is 2.25. The van der Waals surface area contributed by atoms with Crippen LogP contribution in [0, 0.1) is 0 Å². The van der Waals surface area contributed by atoms with E-state index in [1.54, 1.807) is 7.11 Å². The molecule has 1 N–H and O–H groups in total. The zero-order valence-electron chi connectivity index (χ0n) is 10.6. The van der Waals surface area contributed by atoms with Gasteiger partial charge in [0.2, 0.25) is 0 Å². The second-order valence-electron chi connectivity index (χ2n) is 4.39. The molecule has 0 bridgehead atoms. The summed E-state index contributed by atoms with van der Waals surface area (Å²) in [5.41, 5.74) is 2.57. The second kappa shape index (κ2) is 5.50. The minimum atomic E-state index is 0.703. The van der Waals surface area contributed by atoms with Crippen LogP contribution in [-0.2, 0) is 6.42 Å². The number of ether oxygens (including phenoxy) is 1. The van der Waals surface area contributed by atoms with Crippen molar-refractivity contribution >= 4 is 22.7 Å². The predicted octanol–water partition coefficient (Wildman–Crippen LogP) is 3.86. The molecule has 1 aromatic heterocycles. The van der Waals surface area contributed by atoms with Crippen molar-refractivity contribution in [2.45, 2.75) is 25.5 Å². The van der Waals surface area contributed by atoms with E-state index in [1.807, 2.05) is 17.8 Å². The second-order valence-corrected chi connectivity index (χ2v) is 6.08. The number of H-pyrrole nitrogens is 1. The van der Waals surface area contributed by atoms with E-state index in [2.05, 4.69) is 37.2 Å². The third-order valence-corrected chi connectivity index (χ3v) is 3.90. The molecule has 0 aliphatic carbocycles. The van der Waals surface area contributed by atoms with E-state index < -0.39 is 0 Å². The molecule has 1 heterocycles. The molecule has 0 saturated carbocycles. The third-order valence-electron chi connectivity index (χ3n) is 2.80. The van der Waals surface area contributed by atoms with Gasteiger partial charge in [-0.15, -0.1) is 0 Å². The smallest absolute Gasteiger partial charge is 0.119 e. The van der Waals surface area contributed by atoms with Gasteiger partial charge in [0.15, 0.2) is 0 Å². The van der Waals surface area contributed by atoms with Crippen molar-refractivity contribution < 1.29 is 4.74 Å². The van der Waals surface area contributed by atoms with E-state index >= 15 is 0 Å². The maximum absolute atomic E-state index is 5.27. The van der Waals surface area contributed by atoms with Gasteiger partial charge in [-0.25, -0.2) is 0 Å². The normalized spacial score (nSPS) is 11.3. The van der Waals surface area contributed by atoms with E-state index in [1.165, 1.54) is 22.2 Å². The Hall–Kier alpha value is -1.09. The standard InChI is InChI=1S/C14H19NOS/c1-10(2)17-7-6-11-9-15-14-5-4-12(16-3)8-13(11)14/h4-5,8-10,15H,6-7H2,1-3H3. The lowest BCUT2D eigenvalue weighted by atomic mass is 10.1. The van der Waals surface area contributed by atoms with Crippen molar-refractivity contribution in [3.8, 4) is 5.75 Å². The summed E-state index contributed by atoms with van der Waals surface area (Å²) in [7, 11) is 1.71. The molecule has 0 amide bonds. The van der Waals surface area contributed by atoms with Crippen molar-refractivity contribution in [2.75, 3.05) is 12.9 Å². The lowest BCUT2D eigenvalue weighted by molar-refractivity contribution is 0.415. The Labute approximate surface area is 107 Å². The van der Waals surface area contributed by atoms with Crippen LogP contribution in [0.1, 0.15) is 19.4 Å². The van der Waals surface area contributed by atoms with Crippen LogP contribution in [0.4, 0.5) is 0 Å². The number of fused-ring (bicyclic) bond motifs is 1. The monoisotopic (exact) mass is 249 g/mol. The first-order valence-corrected chi connectivity index (χ1v) is 7.01. The van der Waals surface area contributed by atoms with Crippen LogP contribution in [0.2, 0.25) is 0 Å². The number of hydrogen-bond donors (Lipinski definition) is 1. The lowest BCUT2D eigenvalue weighted by Gasteiger charge is -2.04. The van der Waals surface area contributed by atoms with Crippen LogP contribution in [0.15, 0.2) is 24.4 Å². The maximum Gasteiger partial charge on any atom is 0.119 e. The zero-order valence-corrected chi connectivity index (χ0v) is 11.4. The summed E-state index contributed by atoms with van der Waals surface area (Å²) in [6.45, 7) is 4.48. The highest BCUT2D eigenvalue weighted by Gasteiger charge is 2.05. The van der Waals surface area contributed by atoms with Gasteiger partial charge in [-0.3, -0.25) is 0 Å². The highest BCUT2D eigenvalue weighted by molar-refractivity contribution is 7.99. The summed E-state index contributed by atoms with van der Waals surface area (Å²) in [4.78, 5) is 3.31. The fourth-order valence-electron chi connectivity index (χ4n) is 1.90. The number of methoxy groups -OCH3 is 1. The molecule has 17 heavy (non-hydrogen) atoms. The van der Waals surface area contributed by atoms with E-state index in [-0.39, 0.29) is 0 Å². The van der Waals surface area contributed by atoms with E-state index in [0.717, 1.165) is 12.2 Å². The summed E-state index contributed by atoms with van der Waals surface area (Å²) >= 11 is 2.00. The molecule has 0 aliphatic heterocycles. The number of nitrogens with one attached hydrogen (secondary N) is 1. The summed E-state index contributed by atoms with van der Waals surface area (Å²) in [6, 6.07) is 6.18. The molecule has 2 aromatic rings. The van der Waals surface area contributed by atoms with Crippen molar-refractivity contribution in [2.24, 2.45) is 0 Å². The topological polar surface area (TPSA) is 25.0 Å². The molecular weight excluding hydrogens is 230 g/mol. The summed E-state index contributed by atoms with van der Waals surface area (Å²) in [6.07, 6.45) is 3.22. The van der Waals surface area contributed by atoms with Gasteiger partial charge in [0.1, 0.15) is 5.75 Å². The van der Waals surface area contributed by atoms with Crippen molar-refractivity contribution in [1.29, 1.82) is 0 Å². The van der Waals surface area contributed by atoms with Crippen LogP contribution in [0.25, 0.3) is 10.9 Å². The minimum Gasteiger partial charge on any atom is -0.497 e. The van der Waals surface area contributed by atoms with Gasteiger partial charge in [0.05, 0.1) is 7.11 Å². The molecule has 92 valence electrons. The molecule has 2 nitrogen and oxygen atoms in total. The number of rotatable bonds is 5. The van der Waals surface area contributed by atoms with Crippen LogP contribution < -0.4 is 4.74 Å². The SMILES string of the molecule is COc1ccc2[nH]cc(CCSC(C)C)c2c1. The zero-order chi connectivity index (χ0) is 12.3. The van der Waals surface area contributed by atoms with Crippen molar-refractivity contribution in [1.82, 2.24) is 4.98 Å². The van der Waals surface area contributed by atoms with Gasteiger partial charge in [0.25, 0.3) is 0 Å². The predicted molar refractivity (Wildman–Crippen MR) is 76.1 cm³/mol. The molecule has 0 saturated heterocycles. The van der Waals surface area contributed by atoms with Gasteiger partial charge < -0.3 is 9.72 Å². The molecule has 0 spiro atoms. The Balaban J connectivity index is 2.16. The average molecular weight is 249 g/mol. The summed E-state index contributed by atoms with van der Waals surface area (Å²) in [5.74, 6) is 2.09. The van der Waals surface area contributed by atoms with Crippen LogP contribution in [0.3, 0.4) is 0 Å². The number of hydrogen-bond acceptors (Lipinski definition) is 2. The van der Waals surface area contributed by atoms with Crippen LogP contribution in [0.5, 0.6) is 5.75 Å². The highest BCUT2D eigenvalue weighted by atomic mass is 32.2. The number of aryl methyl sites for hydroxylation is 1. The third kappa shape index (κ3) is 2.97. The number of aromatic amines is 1. The first-order chi connectivity index (χ1) is 8.20. The molecular formula is C14H19NOS. The maximum atomic E-state index is 5.27. The average Bonchev–Trinajstić information content (AvgIpc) is 2.71. The van der Waals surface area contributed by atoms with Crippen molar-refractivity contribution in [3.05, 3.63) is 30.0 Å². The van der Waals surface area contributed by atoms with E-state index in [0.29, 0.717) is 5.25 Å². The molecule has 1 aromatic carbocycles. The number of thioether (sulfide) groups is 1. The Morgan fingerprint density at radius 2 is 2.18 bits per heavy atom. The van der Waals surface area contributed by atoms with E-state index in [9.17, 15) is 0 Å². The first-order valence-electron chi connectivity index (χ1n) is 5.96. The van der Waals surface area contributed by atoms with Crippen molar-refractivity contribution in [3.63, 3.8) is 0 Å².